The minimum absolute atomic E-state index is 0.224. The fraction of sp³-hybridized carbons (Fsp3) is 0.0526. The first-order chi connectivity index (χ1) is 11.4. The molecule has 1 heterocycles. The maximum Gasteiger partial charge on any atom is 0.464 e. The molecule has 0 atom stereocenters. The van der Waals surface area contributed by atoms with E-state index >= 15 is 0 Å². The molecule has 0 unspecified atom stereocenters. The Hall–Kier alpha value is -2.35. The standard InChI is InChI=1S/C19H15O3P/c1-3-9-15(10-4-1)19(16-11-5-2-6-12-16)22-23-20-17-13-7-8-14-18(17)21-23/h1-14,19H. The van der Waals surface area contributed by atoms with Crippen molar-refractivity contribution in [2.24, 2.45) is 0 Å². The van der Waals surface area contributed by atoms with Gasteiger partial charge in [0, 0.05) is 0 Å². The Kier molecular flexibility index (Phi) is 3.97. The highest BCUT2D eigenvalue weighted by Gasteiger charge is 2.31. The summed E-state index contributed by atoms with van der Waals surface area (Å²) in [5.74, 6) is 1.47. The Morgan fingerprint density at radius 3 is 1.52 bits per heavy atom. The third-order valence-corrected chi connectivity index (χ3v) is 4.67. The quantitative estimate of drug-likeness (QED) is 0.594. The van der Waals surface area contributed by atoms with Crippen molar-refractivity contribution in [3.8, 4) is 11.5 Å². The summed E-state index contributed by atoms with van der Waals surface area (Å²) in [6.07, 6.45) is -0.224. The van der Waals surface area contributed by atoms with Gasteiger partial charge in [0.05, 0.1) is 0 Å². The summed E-state index contributed by atoms with van der Waals surface area (Å²) in [6.45, 7) is 0. The predicted molar refractivity (Wildman–Crippen MR) is 90.4 cm³/mol. The van der Waals surface area contributed by atoms with Crippen LogP contribution in [0.4, 0.5) is 0 Å². The summed E-state index contributed by atoms with van der Waals surface area (Å²) in [5.41, 5.74) is 2.15. The van der Waals surface area contributed by atoms with Gasteiger partial charge >= 0.3 is 8.60 Å². The molecule has 0 radical (unpaired) electrons. The molecule has 0 N–H and O–H groups in total. The van der Waals surface area contributed by atoms with E-state index in [1.807, 2.05) is 60.7 Å². The molecule has 3 aromatic carbocycles. The summed E-state index contributed by atoms with van der Waals surface area (Å²) in [5, 5.41) is 0. The minimum Gasteiger partial charge on any atom is -0.414 e. The molecule has 23 heavy (non-hydrogen) atoms. The Morgan fingerprint density at radius 1 is 0.609 bits per heavy atom. The van der Waals surface area contributed by atoms with Gasteiger partial charge in [-0.15, -0.1) is 0 Å². The van der Waals surface area contributed by atoms with E-state index in [1.165, 1.54) is 0 Å². The van der Waals surface area contributed by atoms with Crippen molar-refractivity contribution in [2.75, 3.05) is 0 Å². The molecular formula is C19H15O3P. The van der Waals surface area contributed by atoms with E-state index in [9.17, 15) is 0 Å². The second kappa shape index (κ2) is 6.41. The highest BCUT2D eigenvalue weighted by atomic mass is 31.2. The Bertz CT molecular complexity index is 712. The normalized spacial score (nSPS) is 13.4. The van der Waals surface area contributed by atoms with Crippen molar-refractivity contribution >= 4 is 8.60 Å². The van der Waals surface area contributed by atoms with Gasteiger partial charge in [-0.25, -0.2) is 0 Å². The van der Waals surface area contributed by atoms with Crippen molar-refractivity contribution in [1.29, 1.82) is 0 Å². The van der Waals surface area contributed by atoms with E-state index in [-0.39, 0.29) is 6.10 Å². The van der Waals surface area contributed by atoms with Crippen LogP contribution >= 0.6 is 8.60 Å². The smallest absolute Gasteiger partial charge is 0.414 e. The molecule has 4 heteroatoms. The lowest BCUT2D eigenvalue weighted by Crippen LogP contribution is -2.05. The zero-order valence-electron chi connectivity index (χ0n) is 12.3. The number of para-hydroxylation sites is 2. The number of rotatable bonds is 4. The first kappa shape index (κ1) is 14.3. The molecule has 4 rings (SSSR count). The summed E-state index contributed by atoms with van der Waals surface area (Å²) < 4.78 is 17.8. The number of hydrogen-bond donors (Lipinski definition) is 0. The van der Waals surface area contributed by atoms with Crippen LogP contribution in [-0.4, -0.2) is 0 Å². The first-order valence-corrected chi connectivity index (χ1v) is 8.51. The van der Waals surface area contributed by atoms with E-state index < -0.39 is 8.60 Å². The second-order valence-electron chi connectivity index (χ2n) is 5.16. The molecule has 3 aromatic rings. The Labute approximate surface area is 136 Å². The lowest BCUT2D eigenvalue weighted by atomic mass is 10.0. The van der Waals surface area contributed by atoms with Gasteiger partial charge in [-0.1, -0.05) is 72.8 Å². The third-order valence-electron chi connectivity index (χ3n) is 3.59. The number of fused-ring (bicyclic) bond motifs is 1. The highest BCUT2D eigenvalue weighted by Crippen LogP contribution is 2.55. The van der Waals surface area contributed by atoms with Crippen LogP contribution in [0.3, 0.4) is 0 Å². The van der Waals surface area contributed by atoms with E-state index in [4.69, 9.17) is 13.6 Å². The van der Waals surface area contributed by atoms with Crippen molar-refractivity contribution in [2.45, 2.75) is 6.10 Å². The molecular weight excluding hydrogens is 307 g/mol. The molecule has 0 fully saturated rings. The summed E-state index contributed by atoms with van der Waals surface area (Å²) in [4.78, 5) is 0. The third kappa shape index (κ3) is 3.07. The molecule has 1 aliphatic rings. The zero-order valence-corrected chi connectivity index (χ0v) is 13.2. The maximum atomic E-state index is 6.19. The molecule has 3 nitrogen and oxygen atoms in total. The highest BCUT2D eigenvalue weighted by molar-refractivity contribution is 7.43. The van der Waals surface area contributed by atoms with Crippen molar-refractivity contribution in [1.82, 2.24) is 0 Å². The number of hydrogen-bond acceptors (Lipinski definition) is 3. The molecule has 0 bridgehead atoms. The molecule has 114 valence electrons. The van der Waals surface area contributed by atoms with E-state index in [0.717, 1.165) is 22.6 Å². The monoisotopic (exact) mass is 322 g/mol. The van der Waals surface area contributed by atoms with Crippen LogP contribution in [0.1, 0.15) is 17.2 Å². The second-order valence-corrected chi connectivity index (χ2v) is 6.18. The van der Waals surface area contributed by atoms with E-state index in [1.54, 1.807) is 0 Å². The fourth-order valence-corrected chi connectivity index (χ4v) is 3.64. The first-order valence-electron chi connectivity index (χ1n) is 7.42. The lowest BCUT2D eigenvalue weighted by Gasteiger charge is -2.20. The maximum absolute atomic E-state index is 6.19. The average Bonchev–Trinajstić information content (AvgIpc) is 3.04. The summed E-state index contributed by atoms with van der Waals surface area (Å²) in [7, 11) is -1.46. The van der Waals surface area contributed by atoms with Crippen molar-refractivity contribution in [3.63, 3.8) is 0 Å². The van der Waals surface area contributed by atoms with Gasteiger partial charge in [-0.05, 0) is 23.3 Å². The van der Waals surface area contributed by atoms with Gasteiger partial charge in [-0.3, -0.25) is 4.52 Å². The SMILES string of the molecule is c1ccc(C(OP2Oc3ccccc3O2)c2ccccc2)cc1. The topological polar surface area (TPSA) is 27.7 Å². The Morgan fingerprint density at radius 2 is 1.04 bits per heavy atom. The van der Waals surface area contributed by atoms with Crippen molar-refractivity contribution < 1.29 is 13.6 Å². The van der Waals surface area contributed by atoms with E-state index in [2.05, 4.69) is 24.3 Å². The van der Waals surface area contributed by atoms with Crippen molar-refractivity contribution in [3.05, 3.63) is 96.1 Å². The fourth-order valence-electron chi connectivity index (χ4n) is 2.48. The lowest BCUT2D eigenvalue weighted by molar-refractivity contribution is 0.225. The van der Waals surface area contributed by atoms with Crippen LogP contribution in [0.15, 0.2) is 84.9 Å². The Balaban J connectivity index is 1.60. The van der Waals surface area contributed by atoms with Crippen LogP contribution < -0.4 is 9.05 Å². The van der Waals surface area contributed by atoms with Crippen LogP contribution in [0.25, 0.3) is 0 Å². The van der Waals surface area contributed by atoms with Crippen LogP contribution in [-0.2, 0) is 4.52 Å². The predicted octanol–water partition coefficient (Wildman–Crippen LogP) is 5.49. The summed E-state index contributed by atoms with van der Waals surface area (Å²) in [6, 6.07) is 27.9. The average molecular weight is 322 g/mol. The van der Waals surface area contributed by atoms with Gasteiger partial charge in [-0.2, -0.15) is 0 Å². The molecule has 0 saturated heterocycles. The van der Waals surface area contributed by atoms with Crippen LogP contribution in [0.2, 0.25) is 0 Å². The van der Waals surface area contributed by atoms with Gasteiger partial charge in [0.2, 0.25) is 0 Å². The van der Waals surface area contributed by atoms with Crippen LogP contribution in [0.5, 0.6) is 11.5 Å². The molecule has 0 saturated carbocycles. The van der Waals surface area contributed by atoms with Gasteiger partial charge in [0.25, 0.3) is 0 Å². The number of benzene rings is 3. The summed E-state index contributed by atoms with van der Waals surface area (Å²) >= 11 is 0. The molecule has 0 aromatic heterocycles. The van der Waals surface area contributed by atoms with E-state index in [0.29, 0.717) is 0 Å². The van der Waals surface area contributed by atoms with Gasteiger partial charge in [0.1, 0.15) is 6.10 Å². The molecule has 1 aliphatic heterocycles. The van der Waals surface area contributed by atoms with Gasteiger partial charge < -0.3 is 9.05 Å². The van der Waals surface area contributed by atoms with Crippen LogP contribution in [0, 0.1) is 0 Å². The molecule has 0 amide bonds. The van der Waals surface area contributed by atoms with Gasteiger partial charge in [0.15, 0.2) is 11.5 Å². The largest absolute Gasteiger partial charge is 0.464 e. The molecule has 0 aliphatic carbocycles. The zero-order chi connectivity index (χ0) is 15.5. The molecule has 0 spiro atoms. The minimum atomic E-state index is -1.46.